The van der Waals surface area contributed by atoms with Gasteiger partial charge in [0.1, 0.15) is 0 Å². The van der Waals surface area contributed by atoms with Crippen molar-refractivity contribution in [1.82, 2.24) is 15.1 Å². The highest BCUT2D eigenvalue weighted by Gasteiger charge is 2.11. The number of halogens is 1. The van der Waals surface area contributed by atoms with E-state index in [1.165, 1.54) is 0 Å². The maximum atomic E-state index is 12.2. The molecular weight excluding hydrogens is 294 g/mol. The molecule has 0 aliphatic rings. The number of thioether (sulfide) groups is 1. The van der Waals surface area contributed by atoms with Crippen molar-refractivity contribution in [3.63, 3.8) is 0 Å². The Morgan fingerprint density at radius 2 is 2.20 bits per heavy atom. The van der Waals surface area contributed by atoms with Gasteiger partial charge in [-0.15, -0.1) is 11.8 Å². The van der Waals surface area contributed by atoms with Crippen LogP contribution in [0.25, 0.3) is 0 Å². The number of hydrogen-bond acceptors (Lipinski definition) is 3. The van der Waals surface area contributed by atoms with E-state index in [4.69, 9.17) is 11.6 Å². The monoisotopic (exact) mass is 309 g/mol. The summed E-state index contributed by atoms with van der Waals surface area (Å²) in [5.41, 5.74) is 2.37. The topological polar surface area (TPSA) is 46.9 Å². The number of hydrogen-bond donors (Lipinski definition) is 1. The predicted molar refractivity (Wildman–Crippen MR) is 82.3 cm³/mol. The number of nitrogens with zero attached hydrogens (tertiary/aromatic N) is 2. The van der Waals surface area contributed by atoms with Crippen LogP contribution in [0.5, 0.6) is 0 Å². The fourth-order valence-corrected chi connectivity index (χ4v) is 2.44. The quantitative estimate of drug-likeness (QED) is 0.883. The van der Waals surface area contributed by atoms with E-state index in [1.54, 1.807) is 28.6 Å². The van der Waals surface area contributed by atoms with E-state index in [1.807, 2.05) is 32.4 Å². The largest absolute Gasteiger partial charge is 0.346 e. The van der Waals surface area contributed by atoms with Crippen LogP contribution >= 0.6 is 23.4 Å². The van der Waals surface area contributed by atoms with Crippen LogP contribution in [0.1, 0.15) is 21.7 Å². The van der Waals surface area contributed by atoms with E-state index in [-0.39, 0.29) is 5.91 Å². The Hall–Kier alpha value is -1.46. The van der Waals surface area contributed by atoms with Crippen LogP contribution in [-0.2, 0) is 13.6 Å². The highest BCUT2D eigenvalue weighted by atomic mass is 35.5. The first-order valence-electron chi connectivity index (χ1n) is 6.12. The average molecular weight is 310 g/mol. The number of aromatic nitrogens is 2. The molecule has 2 aromatic rings. The van der Waals surface area contributed by atoms with E-state index >= 15 is 0 Å². The molecule has 0 saturated carbocycles. The molecule has 0 atom stereocenters. The molecule has 1 aromatic heterocycles. The molecule has 1 aromatic carbocycles. The Bertz CT molecular complexity index is 620. The second kappa shape index (κ2) is 6.33. The zero-order valence-electron chi connectivity index (χ0n) is 11.6. The summed E-state index contributed by atoms with van der Waals surface area (Å²) >= 11 is 7.64. The molecule has 0 bridgehead atoms. The first-order valence-corrected chi connectivity index (χ1v) is 7.73. The highest BCUT2D eigenvalue weighted by Crippen LogP contribution is 2.23. The van der Waals surface area contributed by atoms with Crippen LogP contribution < -0.4 is 5.32 Å². The fourth-order valence-electron chi connectivity index (χ4n) is 1.79. The summed E-state index contributed by atoms with van der Waals surface area (Å²) in [6.07, 6.45) is 1.96. The number of rotatable bonds is 4. The minimum atomic E-state index is -0.186. The molecule has 4 nitrogen and oxygen atoms in total. The van der Waals surface area contributed by atoms with Crippen LogP contribution in [0.15, 0.2) is 29.2 Å². The zero-order chi connectivity index (χ0) is 14.7. The minimum absolute atomic E-state index is 0.186. The molecular formula is C14H16ClN3OS. The highest BCUT2D eigenvalue weighted by molar-refractivity contribution is 7.98. The van der Waals surface area contributed by atoms with Crippen molar-refractivity contribution in [3.8, 4) is 0 Å². The Morgan fingerprint density at radius 3 is 2.80 bits per heavy atom. The maximum Gasteiger partial charge on any atom is 0.253 e. The van der Waals surface area contributed by atoms with Crippen molar-refractivity contribution in [1.29, 1.82) is 0 Å². The van der Waals surface area contributed by atoms with Crippen molar-refractivity contribution >= 4 is 29.3 Å². The SMILES string of the molecule is CSc1ccc(Cl)c(C(=O)NCc2cc(C)n(C)n2)c1. The molecule has 6 heteroatoms. The van der Waals surface area contributed by atoms with E-state index in [9.17, 15) is 4.79 Å². The maximum absolute atomic E-state index is 12.2. The molecule has 0 unspecified atom stereocenters. The molecule has 0 radical (unpaired) electrons. The molecule has 1 amide bonds. The smallest absolute Gasteiger partial charge is 0.253 e. The third-order valence-corrected chi connectivity index (χ3v) is 4.07. The van der Waals surface area contributed by atoms with E-state index < -0.39 is 0 Å². The first-order chi connectivity index (χ1) is 9.51. The summed E-state index contributed by atoms with van der Waals surface area (Å²) in [5.74, 6) is -0.186. The van der Waals surface area contributed by atoms with Gasteiger partial charge in [0.15, 0.2) is 0 Å². The summed E-state index contributed by atoms with van der Waals surface area (Å²) in [4.78, 5) is 13.2. The van der Waals surface area contributed by atoms with Crippen LogP contribution in [0.4, 0.5) is 0 Å². The lowest BCUT2D eigenvalue weighted by molar-refractivity contribution is 0.0950. The van der Waals surface area contributed by atoms with Crippen LogP contribution in [0, 0.1) is 6.92 Å². The second-order valence-corrected chi connectivity index (χ2v) is 5.72. The third kappa shape index (κ3) is 3.35. The van der Waals surface area contributed by atoms with Crippen molar-refractivity contribution in [2.75, 3.05) is 6.26 Å². The molecule has 0 aliphatic heterocycles. The third-order valence-electron chi connectivity index (χ3n) is 3.01. The molecule has 2 rings (SSSR count). The lowest BCUT2D eigenvalue weighted by Crippen LogP contribution is -2.23. The summed E-state index contributed by atoms with van der Waals surface area (Å²) in [6.45, 7) is 2.36. The minimum Gasteiger partial charge on any atom is -0.346 e. The molecule has 0 spiro atoms. The van der Waals surface area contributed by atoms with Gasteiger partial charge in [-0.2, -0.15) is 5.10 Å². The average Bonchev–Trinajstić information content (AvgIpc) is 2.76. The van der Waals surface area contributed by atoms with Crippen molar-refractivity contribution in [2.45, 2.75) is 18.4 Å². The van der Waals surface area contributed by atoms with E-state index in [2.05, 4.69) is 10.4 Å². The number of amides is 1. The molecule has 0 aliphatic carbocycles. The Labute approximate surface area is 127 Å². The van der Waals surface area contributed by atoms with Gasteiger partial charge in [-0.1, -0.05) is 11.6 Å². The van der Waals surface area contributed by atoms with Gasteiger partial charge in [0, 0.05) is 17.6 Å². The molecule has 1 heterocycles. The standard InChI is InChI=1S/C14H16ClN3OS/c1-9-6-10(17-18(9)2)8-16-14(19)12-7-11(20-3)4-5-13(12)15/h4-7H,8H2,1-3H3,(H,16,19). The molecule has 20 heavy (non-hydrogen) atoms. The predicted octanol–water partition coefficient (Wildman–Crippen LogP) is 3.03. The van der Waals surface area contributed by atoms with Gasteiger partial charge in [-0.05, 0) is 37.4 Å². The second-order valence-electron chi connectivity index (χ2n) is 4.43. The van der Waals surface area contributed by atoms with E-state index in [0.717, 1.165) is 16.3 Å². The number of carbonyl (C=O) groups excluding carboxylic acids is 1. The van der Waals surface area contributed by atoms with E-state index in [0.29, 0.717) is 17.1 Å². The zero-order valence-corrected chi connectivity index (χ0v) is 13.2. The molecule has 0 saturated heterocycles. The van der Waals surface area contributed by atoms with Gasteiger partial charge in [-0.25, -0.2) is 0 Å². The molecule has 0 fully saturated rings. The number of carbonyl (C=O) groups is 1. The first kappa shape index (κ1) is 14.9. The normalized spacial score (nSPS) is 10.6. The number of nitrogens with one attached hydrogen (secondary N) is 1. The lowest BCUT2D eigenvalue weighted by atomic mass is 10.2. The van der Waals surface area contributed by atoms with Gasteiger partial charge >= 0.3 is 0 Å². The summed E-state index contributed by atoms with van der Waals surface area (Å²) in [7, 11) is 1.87. The molecule has 106 valence electrons. The van der Waals surface area contributed by atoms with Gasteiger partial charge < -0.3 is 5.32 Å². The van der Waals surface area contributed by atoms with Crippen molar-refractivity contribution in [3.05, 3.63) is 46.2 Å². The van der Waals surface area contributed by atoms with Gasteiger partial charge in [-0.3, -0.25) is 9.48 Å². The summed E-state index contributed by atoms with van der Waals surface area (Å²) in [5, 5.41) is 7.59. The van der Waals surface area contributed by atoms with Gasteiger partial charge in [0.25, 0.3) is 5.91 Å². The number of aryl methyl sites for hydroxylation is 2. The van der Waals surface area contributed by atoms with Gasteiger partial charge in [0.05, 0.1) is 22.8 Å². The Kier molecular flexibility index (Phi) is 4.73. The summed E-state index contributed by atoms with van der Waals surface area (Å²) < 4.78 is 1.78. The summed E-state index contributed by atoms with van der Waals surface area (Å²) in [6, 6.07) is 7.38. The lowest BCUT2D eigenvalue weighted by Gasteiger charge is -2.07. The van der Waals surface area contributed by atoms with Crippen molar-refractivity contribution < 1.29 is 4.79 Å². The fraction of sp³-hybridized carbons (Fsp3) is 0.286. The van der Waals surface area contributed by atoms with Crippen LogP contribution in [0.2, 0.25) is 5.02 Å². The van der Waals surface area contributed by atoms with Crippen LogP contribution in [0.3, 0.4) is 0 Å². The number of benzene rings is 1. The Balaban J connectivity index is 2.08. The van der Waals surface area contributed by atoms with Crippen molar-refractivity contribution in [2.24, 2.45) is 7.05 Å². The van der Waals surface area contributed by atoms with Gasteiger partial charge in [0.2, 0.25) is 0 Å². The Morgan fingerprint density at radius 1 is 1.45 bits per heavy atom. The van der Waals surface area contributed by atoms with Crippen LogP contribution in [-0.4, -0.2) is 21.9 Å². The molecule has 1 N–H and O–H groups in total.